The summed E-state index contributed by atoms with van der Waals surface area (Å²) in [5.74, 6) is -2.27. The van der Waals surface area contributed by atoms with Crippen molar-refractivity contribution in [3.05, 3.63) is 94.8 Å². The quantitative estimate of drug-likeness (QED) is 0.294. The first-order chi connectivity index (χ1) is 19.4. The van der Waals surface area contributed by atoms with Crippen molar-refractivity contribution >= 4 is 39.1 Å². The minimum absolute atomic E-state index is 0.0378. The Kier molecular flexibility index (Phi) is 9.94. The second-order valence-corrected chi connectivity index (χ2v) is 12.8. The molecule has 0 aliphatic carbocycles. The zero-order valence-electron chi connectivity index (χ0n) is 23.2. The van der Waals surface area contributed by atoms with Gasteiger partial charge >= 0.3 is 6.18 Å². The molecule has 13 heteroatoms. The van der Waals surface area contributed by atoms with E-state index in [1.165, 1.54) is 55.5 Å². The van der Waals surface area contributed by atoms with Gasteiger partial charge in [0.25, 0.3) is 10.0 Å². The molecular weight excluding hydrogens is 598 g/mol. The number of amides is 2. The highest BCUT2D eigenvalue weighted by atomic mass is 35.5. The summed E-state index contributed by atoms with van der Waals surface area (Å²) in [6.45, 7) is 5.05. The van der Waals surface area contributed by atoms with Gasteiger partial charge in [0.1, 0.15) is 18.4 Å². The van der Waals surface area contributed by atoms with Gasteiger partial charge in [-0.05, 0) is 64.1 Å². The lowest BCUT2D eigenvalue weighted by Crippen LogP contribution is -2.54. The summed E-state index contributed by atoms with van der Waals surface area (Å²) in [6, 6.07) is 13.2. The van der Waals surface area contributed by atoms with E-state index in [1.54, 1.807) is 20.8 Å². The number of alkyl halides is 3. The zero-order chi connectivity index (χ0) is 31.5. The second-order valence-electron chi connectivity index (χ2n) is 10.5. The summed E-state index contributed by atoms with van der Waals surface area (Å²) in [5.41, 5.74) is -2.45. The molecule has 1 atom stereocenters. The summed E-state index contributed by atoms with van der Waals surface area (Å²) in [6.07, 6.45) is -4.85. The molecule has 3 aromatic carbocycles. The molecule has 0 radical (unpaired) electrons. The van der Waals surface area contributed by atoms with Crippen molar-refractivity contribution in [2.75, 3.05) is 10.8 Å². The fourth-order valence-electron chi connectivity index (χ4n) is 3.98. The Labute approximate surface area is 247 Å². The Morgan fingerprint density at radius 3 is 2.12 bits per heavy atom. The van der Waals surface area contributed by atoms with Gasteiger partial charge < -0.3 is 10.2 Å². The number of hydrogen-bond donors (Lipinski definition) is 1. The number of nitrogens with zero attached hydrogens (tertiary/aromatic N) is 2. The van der Waals surface area contributed by atoms with Crippen LogP contribution in [0.4, 0.5) is 23.2 Å². The van der Waals surface area contributed by atoms with Crippen molar-refractivity contribution in [1.82, 2.24) is 10.2 Å². The average Bonchev–Trinajstić information content (AvgIpc) is 2.90. The van der Waals surface area contributed by atoms with Crippen LogP contribution in [0.3, 0.4) is 0 Å². The smallest absolute Gasteiger partial charge is 0.350 e. The third-order valence-corrected chi connectivity index (χ3v) is 8.21. The minimum atomic E-state index is -4.85. The fraction of sp³-hybridized carbons (Fsp3) is 0.310. The monoisotopic (exact) mass is 627 g/mol. The molecule has 3 aromatic rings. The molecule has 2 amide bonds. The normalized spacial score (nSPS) is 12.9. The summed E-state index contributed by atoms with van der Waals surface area (Å²) in [5, 5.41) is 2.36. The molecule has 0 fully saturated rings. The van der Waals surface area contributed by atoms with Crippen LogP contribution in [0.5, 0.6) is 0 Å². The van der Waals surface area contributed by atoms with E-state index in [9.17, 15) is 35.6 Å². The lowest BCUT2D eigenvalue weighted by atomic mass is 10.1. The van der Waals surface area contributed by atoms with Gasteiger partial charge in [-0.3, -0.25) is 13.9 Å². The van der Waals surface area contributed by atoms with Gasteiger partial charge in [0, 0.05) is 17.6 Å². The van der Waals surface area contributed by atoms with E-state index in [-0.39, 0.29) is 15.5 Å². The van der Waals surface area contributed by atoms with Crippen molar-refractivity contribution in [3.63, 3.8) is 0 Å². The zero-order valence-corrected chi connectivity index (χ0v) is 24.8. The van der Waals surface area contributed by atoms with Gasteiger partial charge in [-0.25, -0.2) is 12.8 Å². The molecule has 0 spiro atoms. The predicted octanol–water partition coefficient (Wildman–Crippen LogP) is 6.03. The van der Waals surface area contributed by atoms with Crippen LogP contribution in [0.1, 0.15) is 38.8 Å². The van der Waals surface area contributed by atoms with Crippen molar-refractivity contribution in [1.29, 1.82) is 0 Å². The van der Waals surface area contributed by atoms with Crippen LogP contribution >= 0.6 is 11.6 Å². The number of carbonyl (C=O) groups is 2. The molecule has 42 heavy (non-hydrogen) atoms. The SMILES string of the molecule is C[C@@H](C(=O)NC(C)(C)C)N(Cc1ccccc1F)C(=O)CN(c1cc(C(F)(F)F)ccc1Cl)S(=O)(=O)c1ccccc1. The van der Waals surface area contributed by atoms with Crippen LogP contribution in [0, 0.1) is 5.82 Å². The Morgan fingerprint density at radius 1 is 0.952 bits per heavy atom. The maximum atomic E-state index is 14.6. The van der Waals surface area contributed by atoms with Crippen molar-refractivity contribution in [3.8, 4) is 0 Å². The van der Waals surface area contributed by atoms with Crippen LogP contribution in [-0.4, -0.2) is 43.3 Å². The molecular formula is C29H30ClF4N3O4S. The van der Waals surface area contributed by atoms with E-state index in [0.717, 1.165) is 17.0 Å². The van der Waals surface area contributed by atoms with Gasteiger partial charge in [0.05, 0.1) is 21.2 Å². The Morgan fingerprint density at radius 2 is 1.55 bits per heavy atom. The summed E-state index contributed by atoms with van der Waals surface area (Å²) in [4.78, 5) is 27.6. The summed E-state index contributed by atoms with van der Waals surface area (Å²) < 4.78 is 83.5. The number of carbonyl (C=O) groups excluding carboxylic acids is 2. The number of sulfonamides is 1. The molecule has 0 aliphatic heterocycles. The van der Waals surface area contributed by atoms with Crippen LogP contribution in [0.25, 0.3) is 0 Å². The van der Waals surface area contributed by atoms with Gasteiger partial charge in [-0.15, -0.1) is 0 Å². The molecule has 3 rings (SSSR count). The molecule has 226 valence electrons. The Hall–Kier alpha value is -3.64. The lowest BCUT2D eigenvalue weighted by molar-refractivity contribution is -0.140. The van der Waals surface area contributed by atoms with E-state index in [2.05, 4.69) is 5.32 Å². The van der Waals surface area contributed by atoms with Crippen LogP contribution in [0.15, 0.2) is 77.7 Å². The van der Waals surface area contributed by atoms with Crippen molar-refractivity contribution in [2.45, 2.75) is 56.9 Å². The third-order valence-electron chi connectivity index (χ3n) is 6.12. The largest absolute Gasteiger partial charge is 0.416 e. The van der Waals surface area contributed by atoms with Crippen LogP contribution in [0.2, 0.25) is 5.02 Å². The molecule has 0 saturated heterocycles. The minimum Gasteiger partial charge on any atom is -0.350 e. The number of benzene rings is 3. The molecule has 7 nitrogen and oxygen atoms in total. The first kappa shape index (κ1) is 32.9. The highest BCUT2D eigenvalue weighted by Gasteiger charge is 2.37. The summed E-state index contributed by atoms with van der Waals surface area (Å²) in [7, 11) is -4.66. The molecule has 1 N–H and O–H groups in total. The number of halogens is 5. The molecule has 0 heterocycles. The standard InChI is InChI=1S/C29H30ClF4N3O4S/c1-19(27(39)35-28(2,3)4)36(17-20-10-8-9-13-24(20)31)26(38)18-37(42(40,41)22-11-6-5-7-12-22)25-16-21(29(32,33)34)14-15-23(25)30/h5-16,19H,17-18H2,1-4H3,(H,35,39)/t19-/m0/s1. The summed E-state index contributed by atoms with van der Waals surface area (Å²) >= 11 is 6.22. The maximum absolute atomic E-state index is 14.6. The molecule has 0 aliphatic rings. The Balaban J connectivity index is 2.14. The number of nitrogens with one attached hydrogen (secondary N) is 1. The van der Waals surface area contributed by atoms with E-state index in [4.69, 9.17) is 11.6 Å². The van der Waals surface area contributed by atoms with Gasteiger partial charge in [-0.1, -0.05) is 48.0 Å². The van der Waals surface area contributed by atoms with E-state index >= 15 is 0 Å². The first-order valence-electron chi connectivity index (χ1n) is 12.7. The van der Waals surface area contributed by atoms with E-state index in [0.29, 0.717) is 16.4 Å². The van der Waals surface area contributed by atoms with Crippen LogP contribution in [-0.2, 0) is 32.3 Å². The fourth-order valence-corrected chi connectivity index (χ4v) is 5.70. The third kappa shape index (κ3) is 8.01. The van der Waals surface area contributed by atoms with Gasteiger partial charge in [0.15, 0.2) is 0 Å². The topological polar surface area (TPSA) is 86.8 Å². The number of anilines is 1. The predicted molar refractivity (Wildman–Crippen MR) is 152 cm³/mol. The van der Waals surface area contributed by atoms with Gasteiger partial charge in [-0.2, -0.15) is 13.2 Å². The second kappa shape index (κ2) is 12.7. The van der Waals surface area contributed by atoms with Crippen molar-refractivity contribution in [2.24, 2.45) is 0 Å². The number of hydrogen-bond acceptors (Lipinski definition) is 4. The molecule has 0 bridgehead atoms. The Bertz CT molecular complexity index is 1540. The lowest BCUT2D eigenvalue weighted by Gasteiger charge is -2.33. The maximum Gasteiger partial charge on any atom is 0.416 e. The first-order valence-corrected chi connectivity index (χ1v) is 14.5. The van der Waals surface area contributed by atoms with E-state index < -0.39 is 69.8 Å². The number of rotatable bonds is 9. The van der Waals surface area contributed by atoms with Gasteiger partial charge in [0.2, 0.25) is 11.8 Å². The molecule has 0 saturated carbocycles. The highest BCUT2D eigenvalue weighted by molar-refractivity contribution is 7.92. The van der Waals surface area contributed by atoms with Crippen molar-refractivity contribution < 1.29 is 35.6 Å². The van der Waals surface area contributed by atoms with E-state index in [1.807, 2.05) is 0 Å². The van der Waals surface area contributed by atoms with Crippen LogP contribution < -0.4 is 9.62 Å². The highest BCUT2D eigenvalue weighted by Crippen LogP contribution is 2.37. The average molecular weight is 628 g/mol. The molecule has 0 aromatic heterocycles. The molecule has 0 unspecified atom stereocenters.